The molecule has 0 spiro atoms. The average Bonchev–Trinajstić information content (AvgIpc) is 2.73. The van der Waals surface area contributed by atoms with E-state index in [1.54, 1.807) is 24.3 Å². The lowest BCUT2D eigenvalue weighted by Crippen LogP contribution is -2.42. The van der Waals surface area contributed by atoms with Crippen LogP contribution in [0.4, 0.5) is 5.69 Å². The molecule has 32 heavy (non-hydrogen) atoms. The second-order valence-electron chi connectivity index (χ2n) is 6.71. The summed E-state index contributed by atoms with van der Waals surface area (Å²) in [6.07, 6.45) is -0.0332. The fraction of sp³-hybridized carbons (Fsp3) is 0.300. The van der Waals surface area contributed by atoms with Crippen LogP contribution in [-0.4, -0.2) is 57.7 Å². The molecule has 0 unspecified atom stereocenters. The van der Waals surface area contributed by atoms with E-state index in [-0.39, 0.29) is 12.2 Å². The molecule has 0 saturated heterocycles. The standard InChI is InChI=1S/C20H23Cl2N2O7P/c21-9-11-24(12-10-22)16-5-3-15(4-6-16)19(25)23-18(20(26)27)13-14-1-7-17(8-2-14)31-32(28,29)30/h1-8,18H,9-13H2,(H,23,25)(H,26,27)(H2,28,29,30)/t18-/m0/s1. The Hall–Kier alpha value is -2.29. The molecule has 12 heteroatoms. The number of phosphoric ester groups is 1. The maximum absolute atomic E-state index is 12.6. The Morgan fingerprint density at radius 3 is 2.03 bits per heavy atom. The molecule has 2 aromatic rings. The summed E-state index contributed by atoms with van der Waals surface area (Å²) < 4.78 is 15.3. The number of hydrogen-bond acceptors (Lipinski definition) is 5. The van der Waals surface area contributed by atoms with Gasteiger partial charge in [-0.15, -0.1) is 23.2 Å². The first-order chi connectivity index (χ1) is 15.1. The molecule has 0 aliphatic carbocycles. The van der Waals surface area contributed by atoms with Crippen LogP contribution in [0.2, 0.25) is 0 Å². The second-order valence-corrected chi connectivity index (χ2v) is 8.63. The third kappa shape index (κ3) is 8.33. The van der Waals surface area contributed by atoms with Crippen molar-refractivity contribution in [1.82, 2.24) is 5.32 Å². The quantitative estimate of drug-likeness (QED) is 0.256. The number of anilines is 1. The van der Waals surface area contributed by atoms with Crippen molar-refractivity contribution in [3.05, 3.63) is 59.7 Å². The van der Waals surface area contributed by atoms with Crippen LogP contribution in [0.1, 0.15) is 15.9 Å². The number of carbonyl (C=O) groups is 2. The highest BCUT2D eigenvalue weighted by Gasteiger charge is 2.22. The van der Waals surface area contributed by atoms with Gasteiger partial charge in [-0.05, 0) is 42.0 Å². The van der Waals surface area contributed by atoms with Gasteiger partial charge in [-0.25, -0.2) is 9.36 Å². The highest BCUT2D eigenvalue weighted by Crippen LogP contribution is 2.37. The molecule has 9 nitrogen and oxygen atoms in total. The van der Waals surface area contributed by atoms with Crippen molar-refractivity contribution < 1.29 is 33.6 Å². The zero-order chi connectivity index (χ0) is 23.7. The molecule has 0 heterocycles. The number of benzene rings is 2. The average molecular weight is 505 g/mol. The van der Waals surface area contributed by atoms with Gasteiger partial charge in [-0.3, -0.25) is 14.6 Å². The summed E-state index contributed by atoms with van der Waals surface area (Å²) in [6.45, 7) is 1.19. The van der Waals surface area contributed by atoms with E-state index in [4.69, 9.17) is 33.0 Å². The lowest BCUT2D eigenvalue weighted by molar-refractivity contribution is -0.139. The number of rotatable bonds is 12. The number of nitrogens with zero attached hydrogens (tertiary/aromatic N) is 1. The molecule has 0 saturated carbocycles. The molecule has 2 aromatic carbocycles. The van der Waals surface area contributed by atoms with Crippen LogP contribution in [0.3, 0.4) is 0 Å². The molecule has 2 rings (SSSR count). The first-order valence-electron chi connectivity index (χ1n) is 9.47. The van der Waals surface area contributed by atoms with Gasteiger partial charge in [-0.2, -0.15) is 0 Å². The summed E-state index contributed by atoms with van der Waals surface area (Å²) in [6, 6.07) is 11.0. The number of hydrogen-bond donors (Lipinski definition) is 4. The molecule has 0 bridgehead atoms. The van der Waals surface area contributed by atoms with E-state index in [1.807, 2.05) is 4.90 Å². The van der Waals surface area contributed by atoms with E-state index in [2.05, 4.69) is 9.84 Å². The maximum Gasteiger partial charge on any atom is 0.524 e. The lowest BCUT2D eigenvalue weighted by Gasteiger charge is -2.23. The smallest absolute Gasteiger partial charge is 0.480 e. The predicted octanol–water partition coefficient (Wildman–Crippen LogP) is 2.87. The normalized spacial score (nSPS) is 12.1. The van der Waals surface area contributed by atoms with Crippen molar-refractivity contribution >= 4 is 48.6 Å². The Kier molecular flexibility index (Phi) is 9.81. The summed E-state index contributed by atoms with van der Waals surface area (Å²) in [4.78, 5) is 43.8. The summed E-state index contributed by atoms with van der Waals surface area (Å²) in [7, 11) is -4.68. The molecule has 1 amide bonds. The number of carboxylic acid groups (broad SMARTS) is 1. The Labute approximate surface area is 195 Å². The van der Waals surface area contributed by atoms with Gasteiger partial charge in [0.15, 0.2) is 0 Å². The Balaban J connectivity index is 2.05. The molecule has 174 valence electrons. The first-order valence-corrected chi connectivity index (χ1v) is 12.1. The van der Waals surface area contributed by atoms with E-state index in [0.717, 1.165) is 5.69 Å². The maximum atomic E-state index is 12.6. The number of carbonyl (C=O) groups excluding carboxylic acids is 1. The van der Waals surface area contributed by atoms with Crippen molar-refractivity contribution in [2.75, 3.05) is 29.7 Å². The third-order valence-electron chi connectivity index (χ3n) is 4.39. The number of carboxylic acids is 1. The summed E-state index contributed by atoms with van der Waals surface area (Å²) >= 11 is 11.6. The molecule has 0 fully saturated rings. The van der Waals surface area contributed by atoms with Crippen LogP contribution in [0.15, 0.2) is 48.5 Å². The summed E-state index contributed by atoms with van der Waals surface area (Å²) in [5.74, 6) is -0.986. The summed E-state index contributed by atoms with van der Waals surface area (Å²) in [5.41, 5.74) is 1.67. The molecule has 1 atom stereocenters. The van der Waals surface area contributed by atoms with Crippen molar-refractivity contribution in [1.29, 1.82) is 0 Å². The Morgan fingerprint density at radius 2 is 1.56 bits per heavy atom. The molecule has 0 aliphatic heterocycles. The molecule has 0 aliphatic rings. The lowest BCUT2D eigenvalue weighted by atomic mass is 10.1. The van der Waals surface area contributed by atoms with Crippen LogP contribution in [-0.2, 0) is 15.8 Å². The van der Waals surface area contributed by atoms with E-state index >= 15 is 0 Å². The largest absolute Gasteiger partial charge is 0.524 e. The SMILES string of the molecule is O=C(N[C@@H](Cc1ccc(OP(=O)(O)O)cc1)C(=O)O)c1ccc(N(CCCl)CCCl)cc1. The van der Waals surface area contributed by atoms with Crippen molar-refractivity contribution in [3.63, 3.8) is 0 Å². The van der Waals surface area contributed by atoms with Crippen molar-refractivity contribution in [2.45, 2.75) is 12.5 Å². The van der Waals surface area contributed by atoms with Crippen LogP contribution in [0.25, 0.3) is 0 Å². The molecular formula is C20H23Cl2N2O7P. The van der Waals surface area contributed by atoms with Gasteiger partial charge in [0.1, 0.15) is 11.8 Å². The minimum absolute atomic E-state index is 0.0332. The minimum Gasteiger partial charge on any atom is -0.480 e. The van der Waals surface area contributed by atoms with E-state index < -0.39 is 25.7 Å². The number of amides is 1. The zero-order valence-electron chi connectivity index (χ0n) is 16.9. The number of alkyl halides is 2. The Morgan fingerprint density at radius 1 is 1.00 bits per heavy atom. The van der Waals surface area contributed by atoms with E-state index in [1.165, 1.54) is 24.3 Å². The fourth-order valence-electron chi connectivity index (χ4n) is 2.90. The number of aliphatic carboxylic acids is 1. The van der Waals surface area contributed by atoms with Crippen LogP contribution < -0.4 is 14.7 Å². The van der Waals surface area contributed by atoms with Gasteiger partial charge < -0.3 is 19.8 Å². The van der Waals surface area contributed by atoms with Crippen LogP contribution in [0, 0.1) is 0 Å². The topological polar surface area (TPSA) is 136 Å². The van der Waals surface area contributed by atoms with Crippen LogP contribution in [0.5, 0.6) is 5.75 Å². The summed E-state index contributed by atoms with van der Waals surface area (Å²) in [5, 5.41) is 12.0. The van der Waals surface area contributed by atoms with Gasteiger partial charge in [0.2, 0.25) is 0 Å². The fourth-order valence-corrected chi connectivity index (χ4v) is 3.70. The van der Waals surface area contributed by atoms with Gasteiger partial charge in [0, 0.05) is 42.5 Å². The first kappa shape index (κ1) is 26.0. The predicted molar refractivity (Wildman–Crippen MR) is 122 cm³/mol. The van der Waals surface area contributed by atoms with Gasteiger partial charge in [0.05, 0.1) is 0 Å². The van der Waals surface area contributed by atoms with Gasteiger partial charge in [0.25, 0.3) is 5.91 Å². The molecule has 0 radical (unpaired) electrons. The van der Waals surface area contributed by atoms with E-state index in [0.29, 0.717) is 36.0 Å². The molecular weight excluding hydrogens is 482 g/mol. The van der Waals surface area contributed by atoms with Gasteiger partial charge >= 0.3 is 13.8 Å². The molecule has 4 N–H and O–H groups in total. The Bertz CT molecular complexity index is 945. The van der Waals surface area contributed by atoms with Gasteiger partial charge in [-0.1, -0.05) is 12.1 Å². The number of phosphoric acid groups is 1. The minimum atomic E-state index is -4.68. The van der Waals surface area contributed by atoms with Crippen LogP contribution >= 0.6 is 31.0 Å². The third-order valence-corrected chi connectivity index (χ3v) is 5.18. The van der Waals surface area contributed by atoms with E-state index in [9.17, 15) is 19.3 Å². The van der Waals surface area contributed by atoms with Crippen molar-refractivity contribution in [3.8, 4) is 5.75 Å². The zero-order valence-corrected chi connectivity index (χ0v) is 19.3. The highest BCUT2D eigenvalue weighted by atomic mass is 35.5. The second kappa shape index (κ2) is 12.1. The highest BCUT2D eigenvalue weighted by molar-refractivity contribution is 7.46. The molecule has 0 aromatic heterocycles. The monoisotopic (exact) mass is 504 g/mol. The number of halogens is 2. The van der Waals surface area contributed by atoms with Crippen molar-refractivity contribution in [2.24, 2.45) is 0 Å². The number of nitrogens with one attached hydrogen (secondary N) is 1.